The second-order valence-corrected chi connectivity index (χ2v) is 4.60. The Hall–Kier alpha value is -2.30. The highest BCUT2D eigenvalue weighted by Crippen LogP contribution is 2.21. The standard InChI is InChI=1S/C15H19N3O2/c1-4-20-15(19)17-13(14-16-9-10-18(14)3)12-7-5-11(2)6-8-12/h5-10,13H,4H2,1-3H3,(H,17,19). The third-order valence-corrected chi connectivity index (χ3v) is 3.06. The number of aromatic nitrogens is 2. The number of hydrogen-bond acceptors (Lipinski definition) is 3. The summed E-state index contributed by atoms with van der Waals surface area (Å²) in [6.07, 6.45) is 3.12. The van der Waals surface area contributed by atoms with E-state index in [2.05, 4.69) is 10.3 Å². The van der Waals surface area contributed by atoms with Crippen molar-refractivity contribution in [1.29, 1.82) is 0 Å². The molecule has 0 aliphatic rings. The van der Waals surface area contributed by atoms with Crippen LogP contribution in [0.1, 0.15) is 29.9 Å². The van der Waals surface area contributed by atoms with E-state index >= 15 is 0 Å². The number of alkyl carbamates (subject to hydrolysis) is 1. The van der Waals surface area contributed by atoms with Crippen LogP contribution in [0.4, 0.5) is 4.79 Å². The Balaban J connectivity index is 2.31. The third kappa shape index (κ3) is 3.17. The van der Waals surface area contributed by atoms with Crippen molar-refractivity contribution in [2.24, 2.45) is 7.05 Å². The fourth-order valence-corrected chi connectivity index (χ4v) is 2.00. The molecular formula is C15H19N3O2. The summed E-state index contributed by atoms with van der Waals surface area (Å²) in [6, 6.07) is 7.67. The lowest BCUT2D eigenvalue weighted by atomic mass is 10.0. The summed E-state index contributed by atoms with van der Waals surface area (Å²) in [5, 5.41) is 2.85. The minimum absolute atomic E-state index is 0.324. The molecule has 0 saturated heterocycles. The van der Waals surface area contributed by atoms with Gasteiger partial charge in [-0.3, -0.25) is 0 Å². The molecule has 0 spiro atoms. The Morgan fingerprint density at radius 1 is 1.40 bits per heavy atom. The summed E-state index contributed by atoms with van der Waals surface area (Å²) in [6.45, 7) is 4.15. The first kappa shape index (κ1) is 14.1. The highest BCUT2D eigenvalue weighted by atomic mass is 16.5. The van der Waals surface area contributed by atoms with Gasteiger partial charge in [0.15, 0.2) is 0 Å². The maximum atomic E-state index is 11.7. The van der Waals surface area contributed by atoms with E-state index in [1.807, 2.05) is 49.0 Å². The van der Waals surface area contributed by atoms with Crippen molar-refractivity contribution in [2.75, 3.05) is 6.61 Å². The molecule has 20 heavy (non-hydrogen) atoms. The zero-order chi connectivity index (χ0) is 14.5. The number of rotatable bonds is 4. The van der Waals surface area contributed by atoms with Crippen LogP contribution in [0.3, 0.4) is 0 Å². The van der Waals surface area contributed by atoms with Crippen LogP contribution in [-0.2, 0) is 11.8 Å². The number of nitrogens with zero attached hydrogens (tertiary/aromatic N) is 2. The molecule has 0 bridgehead atoms. The van der Waals surface area contributed by atoms with Crippen molar-refractivity contribution in [3.8, 4) is 0 Å². The molecular weight excluding hydrogens is 254 g/mol. The third-order valence-electron chi connectivity index (χ3n) is 3.06. The lowest BCUT2D eigenvalue weighted by Gasteiger charge is -2.19. The SMILES string of the molecule is CCOC(=O)NC(c1ccc(C)cc1)c1nccn1C. The average molecular weight is 273 g/mol. The largest absolute Gasteiger partial charge is 0.450 e. The first-order valence-electron chi connectivity index (χ1n) is 6.59. The van der Waals surface area contributed by atoms with Crippen LogP contribution in [0.15, 0.2) is 36.7 Å². The van der Waals surface area contributed by atoms with Gasteiger partial charge in [0.1, 0.15) is 11.9 Å². The second kappa shape index (κ2) is 6.23. The van der Waals surface area contributed by atoms with Gasteiger partial charge in [0.2, 0.25) is 0 Å². The molecule has 0 fully saturated rings. The zero-order valence-electron chi connectivity index (χ0n) is 12.0. The Kier molecular flexibility index (Phi) is 4.40. The van der Waals surface area contributed by atoms with Crippen LogP contribution >= 0.6 is 0 Å². The molecule has 0 saturated carbocycles. The lowest BCUT2D eigenvalue weighted by Crippen LogP contribution is -2.31. The predicted octanol–water partition coefficient (Wildman–Crippen LogP) is 2.56. The molecule has 5 nitrogen and oxygen atoms in total. The van der Waals surface area contributed by atoms with E-state index in [4.69, 9.17) is 4.74 Å². The number of aryl methyl sites for hydroxylation is 2. The molecule has 0 radical (unpaired) electrons. The molecule has 1 N–H and O–H groups in total. The number of nitrogens with one attached hydrogen (secondary N) is 1. The van der Waals surface area contributed by atoms with E-state index in [9.17, 15) is 4.79 Å². The summed E-state index contributed by atoms with van der Waals surface area (Å²) in [5.41, 5.74) is 2.14. The monoisotopic (exact) mass is 273 g/mol. The second-order valence-electron chi connectivity index (χ2n) is 4.60. The fraction of sp³-hybridized carbons (Fsp3) is 0.333. The highest BCUT2D eigenvalue weighted by Gasteiger charge is 2.21. The fourth-order valence-electron chi connectivity index (χ4n) is 2.00. The molecule has 2 aromatic rings. The van der Waals surface area contributed by atoms with Crippen LogP contribution in [-0.4, -0.2) is 22.3 Å². The van der Waals surface area contributed by atoms with E-state index in [-0.39, 0.29) is 6.04 Å². The molecule has 0 aliphatic carbocycles. The summed E-state index contributed by atoms with van der Waals surface area (Å²) in [7, 11) is 1.90. The van der Waals surface area contributed by atoms with Gasteiger partial charge in [-0.15, -0.1) is 0 Å². The van der Waals surface area contributed by atoms with Crippen molar-refractivity contribution in [3.05, 3.63) is 53.6 Å². The number of ether oxygens (including phenoxy) is 1. The Bertz CT molecular complexity index is 575. The lowest BCUT2D eigenvalue weighted by molar-refractivity contribution is 0.149. The average Bonchev–Trinajstić information content (AvgIpc) is 2.84. The van der Waals surface area contributed by atoms with E-state index in [1.54, 1.807) is 13.1 Å². The quantitative estimate of drug-likeness (QED) is 0.931. The number of carbonyl (C=O) groups excluding carboxylic acids is 1. The van der Waals surface area contributed by atoms with Crippen LogP contribution < -0.4 is 5.32 Å². The van der Waals surface area contributed by atoms with Crippen LogP contribution in [0.5, 0.6) is 0 Å². The minimum Gasteiger partial charge on any atom is -0.450 e. The van der Waals surface area contributed by atoms with Crippen molar-refractivity contribution in [2.45, 2.75) is 19.9 Å². The normalized spacial score (nSPS) is 11.9. The zero-order valence-corrected chi connectivity index (χ0v) is 12.0. The molecule has 1 aromatic carbocycles. The Morgan fingerprint density at radius 2 is 2.10 bits per heavy atom. The Labute approximate surface area is 118 Å². The van der Waals surface area contributed by atoms with Crippen LogP contribution in [0.25, 0.3) is 0 Å². The van der Waals surface area contributed by atoms with E-state index < -0.39 is 6.09 Å². The summed E-state index contributed by atoms with van der Waals surface area (Å²) < 4.78 is 6.85. The number of hydrogen-bond donors (Lipinski definition) is 1. The van der Waals surface area contributed by atoms with Gasteiger partial charge in [-0.2, -0.15) is 0 Å². The van der Waals surface area contributed by atoms with Gasteiger partial charge < -0.3 is 14.6 Å². The highest BCUT2D eigenvalue weighted by molar-refractivity contribution is 5.68. The van der Waals surface area contributed by atoms with E-state index in [1.165, 1.54) is 5.56 Å². The Morgan fingerprint density at radius 3 is 2.65 bits per heavy atom. The van der Waals surface area contributed by atoms with Crippen molar-refractivity contribution >= 4 is 6.09 Å². The van der Waals surface area contributed by atoms with Crippen molar-refractivity contribution < 1.29 is 9.53 Å². The van der Waals surface area contributed by atoms with E-state index in [0.717, 1.165) is 11.4 Å². The molecule has 106 valence electrons. The summed E-state index contributed by atoms with van der Waals surface area (Å²) in [5.74, 6) is 0.766. The topological polar surface area (TPSA) is 56.1 Å². The van der Waals surface area contributed by atoms with Gasteiger partial charge in [0.25, 0.3) is 0 Å². The van der Waals surface area contributed by atoms with Gasteiger partial charge in [-0.25, -0.2) is 9.78 Å². The predicted molar refractivity (Wildman–Crippen MR) is 76.4 cm³/mol. The summed E-state index contributed by atoms with van der Waals surface area (Å²) in [4.78, 5) is 16.1. The number of carbonyl (C=O) groups is 1. The number of benzene rings is 1. The van der Waals surface area contributed by atoms with Crippen LogP contribution in [0.2, 0.25) is 0 Å². The minimum atomic E-state index is -0.443. The van der Waals surface area contributed by atoms with Crippen LogP contribution in [0, 0.1) is 6.92 Å². The molecule has 2 rings (SSSR count). The smallest absolute Gasteiger partial charge is 0.407 e. The molecule has 1 heterocycles. The van der Waals surface area contributed by atoms with Gasteiger partial charge >= 0.3 is 6.09 Å². The first-order chi connectivity index (χ1) is 9.61. The maximum Gasteiger partial charge on any atom is 0.407 e. The maximum absolute atomic E-state index is 11.7. The van der Waals surface area contributed by atoms with Crippen molar-refractivity contribution in [3.63, 3.8) is 0 Å². The van der Waals surface area contributed by atoms with Gasteiger partial charge in [0, 0.05) is 19.4 Å². The van der Waals surface area contributed by atoms with Gasteiger partial charge in [-0.1, -0.05) is 29.8 Å². The van der Waals surface area contributed by atoms with E-state index in [0.29, 0.717) is 6.61 Å². The van der Waals surface area contributed by atoms with Crippen molar-refractivity contribution in [1.82, 2.24) is 14.9 Å². The molecule has 5 heteroatoms. The molecule has 1 aromatic heterocycles. The first-order valence-corrected chi connectivity index (χ1v) is 6.59. The van der Waals surface area contributed by atoms with Gasteiger partial charge in [0.05, 0.1) is 6.61 Å². The number of amides is 1. The number of imidazole rings is 1. The molecule has 1 unspecified atom stereocenters. The summed E-state index contributed by atoms with van der Waals surface area (Å²) >= 11 is 0. The molecule has 0 aliphatic heterocycles. The molecule has 1 amide bonds. The molecule has 1 atom stereocenters. The van der Waals surface area contributed by atoms with Gasteiger partial charge in [-0.05, 0) is 19.4 Å².